The zero-order valence-electron chi connectivity index (χ0n) is 61.5. The van der Waals surface area contributed by atoms with Gasteiger partial charge in [-0.15, -0.1) is 0 Å². The van der Waals surface area contributed by atoms with Gasteiger partial charge in [-0.1, -0.05) is 321 Å². The second kappa shape index (κ2) is 31.4. The van der Waals surface area contributed by atoms with E-state index in [4.69, 9.17) is 19.9 Å². The van der Waals surface area contributed by atoms with Crippen LogP contribution in [0.3, 0.4) is 0 Å². The zero-order valence-corrected chi connectivity index (χ0v) is 66.3. The molecule has 0 unspecified atom stereocenters. The van der Waals surface area contributed by atoms with E-state index in [-0.39, 0.29) is 0 Å². The minimum absolute atomic E-state index is 0.704. The third-order valence-corrected chi connectivity index (χ3v) is 22.4. The van der Waals surface area contributed by atoms with Crippen LogP contribution in [0.25, 0.3) is 184 Å². The molecule has 0 spiro atoms. The SMILES string of the molecule is Brc1ccc2c(c1)c1ccccc1n2-c1cccc(-c2cc(-c3ccccc3)cc(-c3ccccc3)n2)c1.Brc1ccc2c(c1)c1ccccc1n2-c1cccc(-c2cc(-c3ccccc3)nc(-c3ccccc3)c2)c1.Brc1ccc2c(c1)c1ccccc1n2-c1cccc(-c2nc(-c3ccccc3)cc(-c3ccccc3)n2)c1. The van der Waals surface area contributed by atoms with E-state index in [9.17, 15) is 0 Å². The van der Waals surface area contributed by atoms with Gasteiger partial charge in [0, 0.05) is 102 Å². The Hall–Kier alpha value is -13.5. The van der Waals surface area contributed by atoms with Gasteiger partial charge < -0.3 is 13.7 Å². The molecule has 0 saturated carbocycles. The van der Waals surface area contributed by atoms with E-state index in [1.165, 1.54) is 65.5 Å². The van der Waals surface area contributed by atoms with Crippen LogP contribution in [-0.2, 0) is 0 Å². The Balaban J connectivity index is 0.000000115. The minimum Gasteiger partial charge on any atom is -0.309 e. The van der Waals surface area contributed by atoms with Gasteiger partial charge in [0.25, 0.3) is 0 Å². The molecule has 0 aliphatic rings. The van der Waals surface area contributed by atoms with E-state index in [2.05, 4.69) is 419 Å². The molecule has 0 radical (unpaired) electrons. The maximum absolute atomic E-state index is 5.14. The van der Waals surface area contributed by atoms with Crippen molar-refractivity contribution in [1.29, 1.82) is 0 Å². The van der Waals surface area contributed by atoms with Crippen molar-refractivity contribution in [2.24, 2.45) is 0 Å². The van der Waals surface area contributed by atoms with Crippen molar-refractivity contribution in [3.05, 3.63) is 426 Å². The van der Waals surface area contributed by atoms with Crippen molar-refractivity contribution in [3.8, 4) is 118 Å². The molecule has 0 aliphatic heterocycles. The van der Waals surface area contributed by atoms with Crippen LogP contribution >= 0.6 is 47.8 Å². The average molecular weight is 1660 g/mol. The lowest BCUT2D eigenvalue weighted by Crippen LogP contribution is -1.98. The van der Waals surface area contributed by atoms with Crippen LogP contribution in [0.15, 0.2) is 426 Å². The van der Waals surface area contributed by atoms with Gasteiger partial charge in [0.15, 0.2) is 5.82 Å². The Labute approximate surface area is 685 Å². The summed E-state index contributed by atoms with van der Waals surface area (Å²) in [5, 5.41) is 7.40. The maximum atomic E-state index is 5.14. The molecule has 0 aliphatic carbocycles. The molecule has 0 N–H and O–H groups in total. The van der Waals surface area contributed by atoms with Crippen LogP contribution in [0.4, 0.5) is 0 Å². The molecule has 0 amide bonds. The van der Waals surface area contributed by atoms with Gasteiger partial charge in [0.1, 0.15) is 0 Å². The number of halogens is 3. The van der Waals surface area contributed by atoms with Gasteiger partial charge in [-0.3, -0.25) is 0 Å². The molecule has 21 rings (SSSR count). The number of hydrogen-bond donors (Lipinski definition) is 0. The molecule has 15 aromatic carbocycles. The molecule has 6 heterocycles. The highest BCUT2D eigenvalue weighted by molar-refractivity contribution is 9.11. The predicted molar refractivity (Wildman–Crippen MR) is 486 cm³/mol. The predicted octanol–water partition coefficient (Wildman–Crippen LogP) is 29.2. The Kier molecular flexibility index (Phi) is 19.5. The van der Waals surface area contributed by atoms with Crippen molar-refractivity contribution >= 4 is 113 Å². The number of pyridine rings is 2. The number of nitrogens with zero attached hydrogens (tertiary/aromatic N) is 7. The molecule has 0 atom stereocenters. The summed E-state index contributed by atoms with van der Waals surface area (Å²) in [4.78, 5) is 20.3. The van der Waals surface area contributed by atoms with Gasteiger partial charge >= 0.3 is 0 Å². The summed E-state index contributed by atoms with van der Waals surface area (Å²) < 4.78 is 10.3. The number of aromatic nitrogens is 7. The molecule has 540 valence electrons. The van der Waals surface area contributed by atoms with Crippen molar-refractivity contribution in [2.75, 3.05) is 0 Å². The quantitative estimate of drug-likeness (QED) is 0.122. The summed E-state index contributed by atoms with van der Waals surface area (Å²) in [7, 11) is 0. The van der Waals surface area contributed by atoms with Gasteiger partial charge in [-0.2, -0.15) is 0 Å². The zero-order chi connectivity index (χ0) is 76.4. The second-order valence-corrected chi connectivity index (χ2v) is 30.9. The largest absolute Gasteiger partial charge is 0.309 e. The second-order valence-electron chi connectivity index (χ2n) is 28.1. The highest BCUT2D eigenvalue weighted by Crippen LogP contribution is 2.41. The van der Waals surface area contributed by atoms with Gasteiger partial charge in [0.05, 0.1) is 67.3 Å². The Morgan fingerprint density at radius 3 is 0.772 bits per heavy atom. The number of rotatable bonds is 12. The molecule has 6 aromatic heterocycles. The highest BCUT2D eigenvalue weighted by atomic mass is 79.9. The highest BCUT2D eigenvalue weighted by Gasteiger charge is 2.20. The Morgan fingerprint density at radius 2 is 0.412 bits per heavy atom. The summed E-state index contributed by atoms with van der Waals surface area (Å²) >= 11 is 11.0. The van der Waals surface area contributed by atoms with Crippen molar-refractivity contribution < 1.29 is 0 Å². The smallest absolute Gasteiger partial charge is 0.160 e. The number of para-hydroxylation sites is 3. The molecular weight excluding hydrogens is 1590 g/mol. The lowest BCUT2D eigenvalue weighted by atomic mass is 9.99. The van der Waals surface area contributed by atoms with Crippen LogP contribution in [-0.4, -0.2) is 33.6 Å². The normalized spacial score (nSPS) is 11.3. The van der Waals surface area contributed by atoms with Gasteiger partial charge in [-0.05, 0) is 162 Å². The molecule has 21 aromatic rings. The van der Waals surface area contributed by atoms with E-state index in [0.29, 0.717) is 5.82 Å². The number of fused-ring (bicyclic) bond motifs is 9. The van der Waals surface area contributed by atoms with Gasteiger partial charge in [-0.25, -0.2) is 19.9 Å². The first-order valence-electron chi connectivity index (χ1n) is 37.9. The van der Waals surface area contributed by atoms with Gasteiger partial charge in [0.2, 0.25) is 0 Å². The molecular formula is C104H68Br3N7. The first-order valence-corrected chi connectivity index (χ1v) is 40.3. The fourth-order valence-electron chi connectivity index (χ4n) is 15.6. The van der Waals surface area contributed by atoms with E-state index in [1.54, 1.807) is 0 Å². The van der Waals surface area contributed by atoms with Crippen LogP contribution in [0, 0.1) is 0 Å². The monoisotopic (exact) mass is 1650 g/mol. The summed E-state index contributed by atoms with van der Waals surface area (Å²) in [5.41, 5.74) is 28.2. The molecule has 0 fully saturated rings. The lowest BCUT2D eigenvalue weighted by molar-refractivity contribution is 1.16. The molecule has 0 saturated heterocycles. The Bertz CT molecular complexity index is 6270. The molecule has 0 bridgehead atoms. The average Bonchev–Trinajstić information content (AvgIpc) is 1.69. The fourth-order valence-corrected chi connectivity index (χ4v) is 16.7. The maximum Gasteiger partial charge on any atom is 0.160 e. The number of hydrogen-bond acceptors (Lipinski definition) is 4. The molecule has 7 nitrogen and oxygen atoms in total. The van der Waals surface area contributed by atoms with E-state index < -0.39 is 0 Å². The summed E-state index contributed by atoms with van der Waals surface area (Å²) in [6.07, 6.45) is 0. The van der Waals surface area contributed by atoms with Crippen molar-refractivity contribution in [1.82, 2.24) is 33.6 Å². The molecule has 114 heavy (non-hydrogen) atoms. The third kappa shape index (κ3) is 14.2. The summed E-state index contributed by atoms with van der Waals surface area (Å²) in [6, 6.07) is 144. The van der Waals surface area contributed by atoms with E-state index >= 15 is 0 Å². The topological polar surface area (TPSA) is 66.3 Å². The minimum atomic E-state index is 0.704. The van der Waals surface area contributed by atoms with Crippen LogP contribution in [0.1, 0.15) is 0 Å². The summed E-state index contributed by atoms with van der Waals surface area (Å²) in [5.74, 6) is 0.704. The Morgan fingerprint density at radius 1 is 0.158 bits per heavy atom. The van der Waals surface area contributed by atoms with Crippen LogP contribution < -0.4 is 0 Å². The first kappa shape index (κ1) is 70.9. The lowest BCUT2D eigenvalue weighted by Gasteiger charge is -2.13. The number of benzene rings is 15. The van der Waals surface area contributed by atoms with Crippen molar-refractivity contribution in [2.45, 2.75) is 0 Å². The summed E-state index contributed by atoms with van der Waals surface area (Å²) in [6.45, 7) is 0. The first-order chi connectivity index (χ1) is 56.2. The standard InChI is InChI=1S/2C35H23BrN2.C34H22BrN3/c36-28-18-19-35-31(23-28)30-16-7-8-17-34(30)38(35)29-15-9-14-26(20-29)27-21-32(24-10-3-1-4-11-24)37-33(22-27)25-12-5-2-6-13-25;36-28-18-19-35-31(23-28)30-16-7-8-17-34(30)38(35)29-15-9-14-26(20-29)33-22-27(24-10-3-1-4-11-24)21-32(37-33)25-12-5-2-6-13-25;35-26-18-19-33-29(21-26)28-16-7-8-17-32(28)38(33)27-15-9-14-25(20-27)34-36-30(23-10-3-1-4-11-23)22-31(37-34)24-12-5-2-6-13-24/h2*1-23H;1-22H. The van der Waals surface area contributed by atoms with E-state index in [0.717, 1.165) is 126 Å². The van der Waals surface area contributed by atoms with Crippen LogP contribution in [0.2, 0.25) is 0 Å². The van der Waals surface area contributed by atoms with Crippen molar-refractivity contribution in [3.63, 3.8) is 0 Å². The van der Waals surface area contributed by atoms with Crippen LogP contribution in [0.5, 0.6) is 0 Å². The van der Waals surface area contributed by atoms with E-state index in [1.807, 2.05) is 54.6 Å². The molecule has 10 heteroatoms. The third-order valence-electron chi connectivity index (χ3n) is 20.9. The fraction of sp³-hybridized carbons (Fsp3) is 0.